The van der Waals surface area contributed by atoms with Gasteiger partial charge in [0.1, 0.15) is 0 Å². The molecule has 1 heterocycles. The van der Waals surface area contributed by atoms with Crippen LogP contribution in [0.5, 0.6) is 0 Å². The fourth-order valence-corrected chi connectivity index (χ4v) is 8.07. The number of hydrogen-bond donors (Lipinski definition) is 0. The second kappa shape index (κ2) is 7.98. The molecule has 1 amide bonds. The van der Waals surface area contributed by atoms with E-state index in [4.69, 9.17) is 11.6 Å². The Balaban J connectivity index is 1.54. The van der Waals surface area contributed by atoms with Crippen molar-refractivity contribution in [3.05, 3.63) is 113 Å². The molecule has 1 aliphatic carbocycles. The van der Waals surface area contributed by atoms with Crippen LogP contribution >= 0.6 is 23.4 Å². The quantitative estimate of drug-likeness (QED) is 0.332. The number of carbonyl (C=O) groups is 1. The number of fused-ring (bicyclic) bond motifs is 3. The first-order chi connectivity index (χ1) is 16.4. The molecule has 0 N–H and O–H groups in total. The van der Waals surface area contributed by atoms with Gasteiger partial charge in [-0.3, -0.25) is 4.79 Å². The molecule has 0 spiro atoms. The molecule has 1 fully saturated rings. The minimum Gasteiger partial charge on any atom is -0.267 e. The SMILES string of the molecule is O=C(N=C1S[C@@H]2c3cccc4cccc(c34)[C@H]2N1S(=O)(=O)c1ccc(Cl)cc1)c1ccccc1. The number of aliphatic imine (C=N–C) groups is 1. The van der Waals surface area contributed by atoms with Crippen LogP contribution in [0.15, 0.2) is 101 Å². The Labute approximate surface area is 206 Å². The van der Waals surface area contributed by atoms with Crippen molar-refractivity contribution in [1.82, 2.24) is 4.31 Å². The predicted octanol–water partition coefficient (Wildman–Crippen LogP) is 6.22. The van der Waals surface area contributed by atoms with E-state index < -0.39 is 22.0 Å². The van der Waals surface area contributed by atoms with Gasteiger partial charge in [0, 0.05) is 10.6 Å². The van der Waals surface area contributed by atoms with Crippen molar-refractivity contribution in [2.45, 2.75) is 16.2 Å². The molecule has 6 rings (SSSR count). The monoisotopic (exact) mass is 504 g/mol. The van der Waals surface area contributed by atoms with Crippen LogP contribution in [0.4, 0.5) is 0 Å². The number of thioether (sulfide) groups is 1. The molecule has 4 aromatic rings. The van der Waals surface area contributed by atoms with Gasteiger partial charge in [-0.05, 0) is 58.3 Å². The standard InChI is InChI=1S/C26H17ClN2O3S2/c27-18-12-14-19(15-13-18)34(31,32)29-23-20-10-4-8-16-9-5-11-21(22(16)20)24(23)33-26(29)28-25(30)17-6-2-1-3-7-17/h1-15,23-24H/t23-,24-/m1/s1. The van der Waals surface area contributed by atoms with Gasteiger partial charge >= 0.3 is 0 Å². The van der Waals surface area contributed by atoms with Crippen molar-refractivity contribution in [2.75, 3.05) is 0 Å². The minimum atomic E-state index is -4.03. The zero-order valence-electron chi connectivity index (χ0n) is 17.6. The van der Waals surface area contributed by atoms with Crippen LogP contribution in [0.2, 0.25) is 5.02 Å². The molecule has 4 aromatic carbocycles. The number of nitrogens with zero attached hydrogens (tertiary/aromatic N) is 2. The zero-order valence-corrected chi connectivity index (χ0v) is 20.0. The van der Waals surface area contributed by atoms with Gasteiger partial charge in [-0.25, -0.2) is 12.7 Å². The largest absolute Gasteiger partial charge is 0.279 e. The highest BCUT2D eigenvalue weighted by Gasteiger charge is 2.51. The third-order valence-electron chi connectivity index (χ3n) is 6.14. The summed E-state index contributed by atoms with van der Waals surface area (Å²) in [6.45, 7) is 0. The molecule has 0 unspecified atom stereocenters. The highest BCUT2D eigenvalue weighted by Crippen LogP contribution is 2.60. The molecule has 1 saturated heterocycles. The van der Waals surface area contributed by atoms with E-state index in [0.717, 1.165) is 21.9 Å². The van der Waals surface area contributed by atoms with Crippen LogP contribution in [0, 0.1) is 0 Å². The average molecular weight is 505 g/mol. The molecule has 0 saturated carbocycles. The van der Waals surface area contributed by atoms with E-state index in [1.165, 1.54) is 28.2 Å². The summed E-state index contributed by atoms with van der Waals surface area (Å²) in [5, 5.41) is 2.54. The summed E-state index contributed by atoms with van der Waals surface area (Å²) in [5.41, 5.74) is 2.37. The summed E-state index contributed by atoms with van der Waals surface area (Å²) in [6.07, 6.45) is 0. The summed E-state index contributed by atoms with van der Waals surface area (Å²) in [6, 6.07) is 26.2. The maximum absolute atomic E-state index is 14.0. The molecular weight excluding hydrogens is 488 g/mol. The topological polar surface area (TPSA) is 66.8 Å². The minimum absolute atomic E-state index is 0.0983. The number of sulfonamides is 1. The summed E-state index contributed by atoms with van der Waals surface area (Å²) in [7, 11) is -4.03. The van der Waals surface area contributed by atoms with Crippen LogP contribution in [0.1, 0.15) is 32.8 Å². The average Bonchev–Trinajstić information content (AvgIpc) is 3.37. The van der Waals surface area contributed by atoms with Crippen molar-refractivity contribution in [3.63, 3.8) is 0 Å². The van der Waals surface area contributed by atoms with E-state index in [0.29, 0.717) is 10.6 Å². The van der Waals surface area contributed by atoms with E-state index >= 15 is 0 Å². The first-order valence-electron chi connectivity index (χ1n) is 10.6. The van der Waals surface area contributed by atoms with Crippen LogP contribution < -0.4 is 0 Å². The zero-order chi connectivity index (χ0) is 23.4. The Hall–Kier alpha value is -3.13. The Morgan fingerprint density at radius 1 is 0.853 bits per heavy atom. The number of halogens is 1. The molecule has 168 valence electrons. The Morgan fingerprint density at radius 2 is 1.53 bits per heavy atom. The number of carbonyl (C=O) groups excluding carboxylic acids is 1. The smallest absolute Gasteiger partial charge is 0.267 e. The third kappa shape index (κ3) is 3.27. The molecule has 0 aromatic heterocycles. The molecule has 0 bridgehead atoms. The van der Waals surface area contributed by atoms with Crippen LogP contribution in [-0.2, 0) is 10.0 Å². The van der Waals surface area contributed by atoms with E-state index in [2.05, 4.69) is 4.99 Å². The molecule has 1 aliphatic heterocycles. The number of rotatable bonds is 3. The summed E-state index contributed by atoms with van der Waals surface area (Å²) >= 11 is 7.33. The number of amides is 1. The second-order valence-electron chi connectivity index (χ2n) is 8.10. The van der Waals surface area contributed by atoms with Crippen LogP contribution in [0.25, 0.3) is 10.8 Å². The lowest BCUT2D eigenvalue weighted by Gasteiger charge is -2.25. The normalized spacial score (nSPS) is 20.1. The molecule has 8 heteroatoms. The molecular formula is C26H17ClN2O3S2. The van der Waals surface area contributed by atoms with Crippen molar-refractivity contribution in [2.24, 2.45) is 4.99 Å². The van der Waals surface area contributed by atoms with Gasteiger partial charge in [-0.1, -0.05) is 78.0 Å². The van der Waals surface area contributed by atoms with Crippen molar-refractivity contribution in [1.29, 1.82) is 0 Å². The Bertz CT molecular complexity index is 1580. The van der Waals surface area contributed by atoms with Crippen molar-refractivity contribution in [3.8, 4) is 0 Å². The fraction of sp³-hybridized carbons (Fsp3) is 0.0769. The van der Waals surface area contributed by atoms with Gasteiger partial charge in [0.2, 0.25) is 0 Å². The van der Waals surface area contributed by atoms with E-state index in [9.17, 15) is 13.2 Å². The molecule has 5 nitrogen and oxygen atoms in total. The van der Waals surface area contributed by atoms with Gasteiger partial charge in [0.15, 0.2) is 5.17 Å². The lowest BCUT2D eigenvalue weighted by Crippen LogP contribution is -2.34. The number of amidine groups is 1. The first-order valence-corrected chi connectivity index (χ1v) is 13.3. The van der Waals surface area contributed by atoms with E-state index in [-0.39, 0.29) is 15.3 Å². The highest BCUT2D eigenvalue weighted by molar-refractivity contribution is 8.15. The highest BCUT2D eigenvalue weighted by atomic mass is 35.5. The van der Waals surface area contributed by atoms with Gasteiger partial charge < -0.3 is 0 Å². The van der Waals surface area contributed by atoms with E-state index in [1.807, 2.05) is 42.5 Å². The predicted molar refractivity (Wildman–Crippen MR) is 136 cm³/mol. The summed E-state index contributed by atoms with van der Waals surface area (Å²) < 4.78 is 29.2. The molecule has 0 radical (unpaired) electrons. The lowest BCUT2D eigenvalue weighted by molar-refractivity contribution is 0.100. The summed E-state index contributed by atoms with van der Waals surface area (Å²) in [4.78, 5) is 17.4. The molecule has 2 atom stereocenters. The van der Waals surface area contributed by atoms with Crippen molar-refractivity contribution >= 4 is 55.2 Å². The van der Waals surface area contributed by atoms with Gasteiger partial charge in [0.05, 0.1) is 16.2 Å². The Morgan fingerprint density at radius 3 is 2.24 bits per heavy atom. The van der Waals surface area contributed by atoms with Crippen LogP contribution in [-0.4, -0.2) is 23.8 Å². The maximum Gasteiger partial charge on any atom is 0.279 e. The number of hydrogen-bond acceptors (Lipinski definition) is 4. The fourth-order valence-electron chi connectivity index (χ4n) is 4.66. The third-order valence-corrected chi connectivity index (χ3v) is 9.56. The maximum atomic E-state index is 14.0. The van der Waals surface area contributed by atoms with Gasteiger partial charge in [0.25, 0.3) is 15.9 Å². The molecule has 34 heavy (non-hydrogen) atoms. The van der Waals surface area contributed by atoms with Gasteiger partial charge in [-0.2, -0.15) is 4.99 Å². The molecule has 2 aliphatic rings. The Kier molecular flexibility index (Phi) is 5.02. The second-order valence-corrected chi connectivity index (χ2v) is 11.5. The van der Waals surface area contributed by atoms with Crippen molar-refractivity contribution < 1.29 is 13.2 Å². The van der Waals surface area contributed by atoms with E-state index in [1.54, 1.807) is 36.4 Å². The summed E-state index contributed by atoms with van der Waals surface area (Å²) in [5.74, 6) is -0.481. The number of benzene rings is 4. The van der Waals surface area contributed by atoms with Crippen LogP contribution in [0.3, 0.4) is 0 Å². The lowest BCUT2D eigenvalue weighted by atomic mass is 10.0. The first kappa shape index (κ1) is 21.4. The van der Waals surface area contributed by atoms with Gasteiger partial charge in [-0.15, -0.1) is 0 Å².